The Hall–Kier alpha value is -3.14. The first-order chi connectivity index (χ1) is 11.7. The van der Waals surface area contributed by atoms with Crippen molar-refractivity contribution in [1.82, 2.24) is 4.98 Å². The smallest absolute Gasteiger partial charge is 0.335 e. The highest BCUT2D eigenvalue weighted by molar-refractivity contribution is 5.87. The minimum Gasteiger partial charge on any atom is -0.478 e. The summed E-state index contributed by atoms with van der Waals surface area (Å²) in [5.74, 6) is -0.902. The Morgan fingerprint density at radius 3 is 2.54 bits per heavy atom. The number of carbonyl (C=O) groups is 1. The van der Waals surface area contributed by atoms with Crippen molar-refractivity contribution >= 4 is 17.3 Å². The molecule has 0 saturated heterocycles. The minimum absolute atomic E-state index is 0.134. The molecule has 0 aliphatic carbocycles. The Morgan fingerprint density at radius 2 is 1.83 bits per heavy atom. The van der Waals surface area contributed by atoms with E-state index in [-0.39, 0.29) is 6.04 Å². The van der Waals surface area contributed by atoms with Crippen LogP contribution in [0.3, 0.4) is 0 Å². The molecule has 1 unspecified atom stereocenters. The van der Waals surface area contributed by atoms with Crippen LogP contribution in [0.15, 0.2) is 73.1 Å². The lowest BCUT2D eigenvalue weighted by molar-refractivity contribution is 0.0697. The van der Waals surface area contributed by atoms with Gasteiger partial charge in [-0.25, -0.2) is 4.79 Å². The fourth-order valence-electron chi connectivity index (χ4n) is 3.32. The van der Waals surface area contributed by atoms with E-state index in [1.807, 2.05) is 36.5 Å². The fourth-order valence-corrected chi connectivity index (χ4v) is 3.32. The van der Waals surface area contributed by atoms with Crippen LogP contribution in [0.2, 0.25) is 0 Å². The standard InChI is InChI=1S/C20H16N2O2/c23-20(24)15-9-7-14(8-10-15)19-12-16-4-1-2-6-18(16)22(19)17-5-3-11-21-13-17/h1-11,13,19H,12H2,(H,23,24). The Bertz CT molecular complexity index is 876. The van der Waals surface area contributed by atoms with Gasteiger partial charge in [-0.1, -0.05) is 30.3 Å². The monoisotopic (exact) mass is 316 g/mol. The maximum atomic E-state index is 11.1. The predicted molar refractivity (Wildman–Crippen MR) is 92.7 cm³/mol. The van der Waals surface area contributed by atoms with Gasteiger partial charge in [0.2, 0.25) is 0 Å². The topological polar surface area (TPSA) is 53.4 Å². The number of fused-ring (bicyclic) bond motifs is 1. The van der Waals surface area contributed by atoms with Crippen LogP contribution in [0.25, 0.3) is 0 Å². The van der Waals surface area contributed by atoms with E-state index < -0.39 is 5.97 Å². The van der Waals surface area contributed by atoms with Crippen molar-refractivity contribution in [2.75, 3.05) is 4.90 Å². The van der Waals surface area contributed by atoms with E-state index in [0.29, 0.717) is 5.56 Å². The number of rotatable bonds is 3. The number of hydrogen-bond donors (Lipinski definition) is 1. The Morgan fingerprint density at radius 1 is 1.04 bits per heavy atom. The molecule has 1 aromatic heterocycles. The molecule has 0 spiro atoms. The van der Waals surface area contributed by atoms with Gasteiger partial charge in [0.25, 0.3) is 0 Å². The van der Waals surface area contributed by atoms with Crippen LogP contribution >= 0.6 is 0 Å². The van der Waals surface area contributed by atoms with Gasteiger partial charge in [0.1, 0.15) is 0 Å². The van der Waals surface area contributed by atoms with Crippen LogP contribution in [0.5, 0.6) is 0 Å². The summed E-state index contributed by atoms with van der Waals surface area (Å²) in [6.07, 6.45) is 4.51. The Balaban J connectivity index is 1.78. The maximum absolute atomic E-state index is 11.1. The number of aromatic carboxylic acids is 1. The molecule has 24 heavy (non-hydrogen) atoms. The maximum Gasteiger partial charge on any atom is 0.335 e. The second kappa shape index (κ2) is 5.81. The summed E-state index contributed by atoms with van der Waals surface area (Å²) in [5, 5.41) is 9.09. The third-order valence-corrected chi connectivity index (χ3v) is 4.44. The molecule has 1 aliphatic rings. The minimum atomic E-state index is -0.902. The van der Waals surface area contributed by atoms with Crippen LogP contribution < -0.4 is 4.90 Å². The summed E-state index contributed by atoms with van der Waals surface area (Å²) in [7, 11) is 0. The summed E-state index contributed by atoms with van der Waals surface area (Å²) in [5.41, 5.74) is 4.91. The largest absolute Gasteiger partial charge is 0.478 e. The number of anilines is 2. The van der Waals surface area contributed by atoms with Crippen molar-refractivity contribution in [3.8, 4) is 0 Å². The Kier molecular flexibility index (Phi) is 3.50. The molecule has 2 heterocycles. The van der Waals surface area contributed by atoms with Crippen LogP contribution in [-0.4, -0.2) is 16.1 Å². The molecule has 4 rings (SSSR count). The van der Waals surface area contributed by atoms with E-state index in [4.69, 9.17) is 5.11 Å². The summed E-state index contributed by atoms with van der Waals surface area (Å²) in [6.45, 7) is 0. The van der Waals surface area contributed by atoms with Gasteiger partial charge in [-0.05, 0) is 47.9 Å². The molecule has 0 bridgehead atoms. The van der Waals surface area contributed by atoms with E-state index in [2.05, 4.69) is 28.1 Å². The molecule has 0 radical (unpaired) electrons. The van der Waals surface area contributed by atoms with Crippen LogP contribution in [0.4, 0.5) is 11.4 Å². The first-order valence-corrected chi connectivity index (χ1v) is 7.84. The molecule has 0 fully saturated rings. The molecular weight excluding hydrogens is 300 g/mol. The SMILES string of the molecule is O=C(O)c1ccc(C2Cc3ccccc3N2c2cccnc2)cc1. The molecule has 3 aromatic rings. The number of carboxylic acids is 1. The van der Waals surface area contributed by atoms with Gasteiger partial charge in [0, 0.05) is 11.9 Å². The fraction of sp³-hybridized carbons (Fsp3) is 0.100. The second-order valence-corrected chi connectivity index (χ2v) is 5.86. The van der Waals surface area contributed by atoms with Gasteiger partial charge < -0.3 is 10.0 Å². The van der Waals surface area contributed by atoms with Gasteiger partial charge in [-0.2, -0.15) is 0 Å². The van der Waals surface area contributed by atoms with Gasteiger partial charge >= 0.3 is 5.97 Å². The van der Waals surface area contributed by atoms with E-state index in [1.165, 1.54) is 11.3 Å². The summed E-state index contributed by atoms with van der Waals surface area (Å²) < 4.78 is 0. The third kappa shape index (κ3) is 2.42. The number of benzene rings is 2. The molecule has 2 aromatic carbocycles. The number of aromatic nitrogens is 1. The van der Waals surface area contributed by atoms with Gasteiger partial charge in [-0.3, -0.25) is 4.98 Å². The molecule has 4 nitrogen and oxygen atoms in total. The van der Waals surface area contributed by atoms with Gasteiger partial charge in [-0.15, -0.1) is 0 Å². The number of para-hydroxylation sites is 1. The normalized spacial score (nSPS) is 16.0. The van der Waals surface area contributed by atoms with E-state index >= 15 is 0 Å². The number of hydrogen-bond acceptors (Lipinski definition) is 3. The lowest BCUT2D eigenvalue weighted by Gasteiger charge is -2.27. The number of pyridine rings is 1. The summed E-state index contributed by atoms with van der Waals surface area (Å²) in [6, 6.07) is 19.6. The highest BCUT2D eigenvalue weighted by Gasteiger charge is 2.31. The van der Waals surface area contributed by atoms with Crippen LogP contribution in [0.1, 0.15) is 27.5 Å². The molecule has 1 aliphatic heterocycles. The zero-order valence-corrected chi connectivity index (χ0v) is 13.0. The first-order valence-electron chi connectivity index (χ1n) is 7.84. The first kappa shape index (κ1) is 14.5. The average molecular weight is 316 g/mol. The zero-order valence-electron chi connectivity index (χ0n) is 13.0. The van der Waals surface area contributed by atoms with Crippen LogP contribution in [0, 0.1) is 0 Å². The summed E-state index contributed by atoms with van der Waals surface area (Å²) in [4.78, 5) is 17.6. The molecule has 0 saturated carbocycles. The average Bonchev–Trinajstić information content (AvgIpc) is 3.02. The number of carboxylic acid groups (broad SMARTS) is 1. The van der Waals surface area contributed by atoms with Crippen molar-refractivity contribution in [3.63, 3.8) is 0 Å². The van der Waals surface area contributed by atoms with Crippen molar-refractivity contribution in [2.45, 2.75) is 12.5 Å². The highest BCUT2D eigenvalue weighted by atomic mass is 16.4. The van der Waals surface area contributed by atoms with E-state index in [9.17, 15) is 4.79 Å². The van der Waals surface area contributed by atoms with Crippen molar-refractivity contribution in [2.24, 2.45) is 0 Å². The third-order valence-electron chi connectivity index (χ3n) is 4.44. The molecule has 1 N–H and O–H groups in total. The van der Waals surface area contributed by atoms with E-state index in [1.54, 1.807) is 18.3 Å². The molecule has 1 atom stereocenters. The highest BCUT2D eigenvalue weighted by Crippen LogP contribution is 2.44. The second-order valence-electron chi connectivity index (χ2n) is 5.86. The van der Waals surface area contributed by atoms with Gasteiger partial charge in [0.05, 0.1) is 23.5 Å². The molecular formula is C20H16N2O2. The molecule has 0 amide bonds. The predicted octanol–water partition coefficient (Wildman–Crippen LogP) is 4.22. The lowest BCUT2D eigenvalue weighted by atomic mass is 10.0. The van der Waals surface area contributed by atoms with Crippen molar-refractivity contribution in [1.29, 1.82) is 0 Å². The van der Waals surface area contributed by atoms with Crippen LogP contribution in [-0.2, 0) is 6.42 Å². The van der Waals surface area contributed by atoms with Crippen molar-refractivity contribution < 1.29 is 9.90 Å². The quantitative estimate of drug-likeness (QED) is 0.786. The summed E-state index contributed by atoms with van der Waals surface area (Å²) >= 11 is 0. The molecule has 118 valence electrons. The van der Waals surface area contributed by atoms with Crippen molar-refractivity contribution in [3.05, 3.63) is 89.7 Å². The lowest BCUT2D eigenvalue weighted by Crippen LogP contribution is -2.19. The zero-order chi connectivity index (χ0) is 16.5. The number of nitrogens with zero attached hydrogens (tertiary/aromatic N) is 2. The molecule has 4 heteroatoms. The van der Waals surface area contributed by atoms with E-state index in [0.717, 1.165) is 17.7 Å². The van der Waals surface area contributed by atoms with Gasteiger partial charge in [0.15, 0.2) is 0 Å². The Labute approximate surface area is 140 Å².